The van der Waals surface area contributed by atoms with Crippen LogP contribution in [-0.4, -0.2) is 18.2 Å². The van der Waals surface area contributed by atoms with Gasteiger partial charge in [-0.1, -0.05) is 0 Å². The second-order valence-electron chi connectivity index (χ2n) is 3.92. The topological polar surface area (TPSA) is 57.4 Å². The van der Waals surface area contributed by atoms with Crippen LogP contribution in [0.3, 0.4) is 0 Å². The first-order valence-electron chi connectivity index (χ1n) is 5.96. The van der Waals surface area contributed by atoms with Gasteiger partial charge in [-0.15, -0.1) is 11.3 Å². The quantitative estimate of drug-likeness (QED) is 0.914. The molecule has 4 nitrogen and oxygen atoms in total. The molecule has 20 heavy (non-hydrogen) atoms. The molecule has 0 spiro atoms. The summed E-state index contributed by atoms with van der Waals surface area (Å²) in [7, 11) is 0. The van der Waals surface area contributed by atoms with Gasteiger partial charge in [-0.2, -0.15) is 8.78 Å². The molecule has 7 heteroatoms. The molecule has 0 bridgehead atoms. The van der Waals surface area contributed by atoms with Crippen LogP contribution in [0.25, 0.3) is 11.3 Å². The van der Waals surface area contributed by atoms with Gasteiger partial charge >= 0.3 is 6.61 Å². The molecular weight excluding hydrogens is 286 g/mol. The Kier molecular flexibility index (Phi) is 4.39. The molecular formula is C13H14F2N2O2S. The first-order valence-corrected chi connectivity index (χ1v) is 6.77. The summed E-state index contributed by atoms with van der Waals surface area (Å²) in [5, 5.41) is 1.41. The van der Waals surface area contributed by atoms with E-state index in [1.807, 2.05) is 6.92 Å². The highest BCUT2D eigenvalue weighted by Gasteiger charge is 2.15. The predicted molar refractivity (Wildman–Crippen MR) is 74.5 cm³/mol. The normalized spacial score (nSPS) is 10.8. The SMILES string of the molecule is CCOc1cc(-c2nc(C)sc2N)ccc1OC(F)F. The number of nitrogens with zero attached hydrogens (tertiary/aromatic N) is 1. The first-order chi connectivity index (χ1) is 9.51. The number of hydrogen-bond donors (Lipinski definition) is 1. The Morgan fingerprint density at radius 3 is 2.65 bits per heavy atom. The molecule has 0 atom stereocenters. The smallest absolute Gasteiger partial charge is 0.387 e. The van der Waals surface area contributed by atoms with Gasteiger partial charge in [0, 0.05) is 5.56 Å². The monoisotopic (exact) mass is 300 g/mol. The van der Waals surface area contributed by atoms with Crippen LogP contribution in [0.2, 0.25) is 0 Å². The van der Waals surface area contributed by atoms with E-state index in [0.717, 1.165) is 5.01 Å². The zero-order valence-corrected chi connectivity index (χ0v) is 11.8. The Bertz CT molecular complexity index is 602. The Morgan fingerprint density at radius 2 is 2.10 bits per heavy atom. The van der Waals surface area contributed by atoms with Crippen molar-refractivity contribution in [3.05, 3.63) is 23.2 Å². The molecule has 0 aliphatic carbocycles. The van der Waals surface area contributed by atoms with Crippen molar-refractivity contribution < 1.29 is 18.3 Å². The highest BCUT2D eigenvalue weighted by Crippen LogP contribution is 2.36. The second kappa shape index (κ2) is 6.04. The molecule has 1 aromatic heterocycles. The fourth-order valence-corrected chi connectivity index (χ4v) is 2.48. The van der Waals surface area contributed by atoms with Crippen molar-refractivity contribution in [3.63, 3.8) is 0 Å². The number of benzene rings is 1. The van der Waals surface area contributed by atoms with Crippen LogP contribution in [-0.2, 0) is 0 Å². The van der Waals surface area contributed by atoms with E-state index in [9.17, 15) is 8.78 Å². The Hall–Kier alpha value is -1.89. The number of nitrogen functional groups attached to an aromatic ring is 1. The van der Waals surface area contributed by atoms with Gasteiger partial charge in [0.15, 0.2) is 11.5 Å². The lowest BCUT2D eigenvalue weighted by molar-refractivity contribution is -0.0514. The predicted octanol–water partition coefficient (Wildman–Crippen LogP) is 3.70. The van der Waals surface area contributed by atoms with Crippen LogP contribution in [0, 0.1) is 6.92 Å². The van der Waals surface area contributed by atoms with Crippen LogP contribution in [0.1, 0.15) is 11.9 Å². The summed E-state index contributed by atoms with van der Waals surface area (Å²) in [6.07, 6.45) is 0. The number of nitrogens with two attached hydrogens (primary N) is 1. The van der Waals surface area contributed by atoms with Gasteiger partial charge in [0.1, 0.15) is 10.7 Å². The zero-order valence-electron chi connectivity index (χ0n) is 11.0. The zero-order chi connectivity index (χ0) is 14.7. The molecule has 0 radical (unpaired) electrons. The number of ether oxygens (including phenoxy) is 2. The lowest BCUT2D eigenvalue weighted by atomic mass is 10.1. The van der Waals surface area contributed by atoms with Gasteiger partial charge in [-0.05, 0) is 32.0 Å². The van der Waals surface area contributed by atoms with Gasteiger partial charge in [0.05, 0.1) is 11.6 Å². The number of thiazole rings is 1. The number of rotatable bonds is 5. The minimum Gasteiger partial charge on any atom is -0.490 e. The summed E-state index contributed by atoms with van der Waals surface area (Å²) in [5.41, 5.74) is 7.21. The summed E-state index contributed by atoms with van der Waals surface area (Å²) < 4.78 is 34.4. The maximum absolute atomic E-state index is 12.3. The molecule has 0 amide bonds. The van der Waals surface area contributed by atoms with Crippen molar-refractivity contribution in [1.29, 1.82) is 0 Å². The minimum absolute atomic E-state index is 0.00359. The lowest BCUT2D eigenvalue weighted by Crippen LogP contribution is -2.04. The molecule has 1 heterocycles. The van der Waals surface area contributed by atoms with Gasteiger partial charge < -0.3 is 15.2 Å². The third-order valence-corrected chi connectivity index (χ3v) is 3.29. The number of anilines is 1. The molecule has 0 saturated heterocycles. The molecule has 2 N–H and O–H groups in total. The molecule has 0 fully saturated rings. The summed E-state index contributed by atoms with van der Waals surface area (Å²) in [6, 6.07) is 4.66. The van der Waals surface area contributed by atoms with E-state index in [0.29, 0.717) is 22.9 Å². The molecule has 108 valence electrons. The average molecular weight is 300 g/mol. The third-order valence-electron chi connectivity index (χ3n) is 2.49. The fraction of sp³-hybridized carbons (Fsp3) is 0.308. The average Bonchev–Trinajstić information content (AvgIpc) is 2.70. The van der Waals surface area contributed by atoms with Crippen molar-refractivity contribution in [3.8, 4) is 22.8 Å². The van der Waals surface area contributed by atoms with Gasteiger partial charge in [-0.3, -0.25) is 0 Å². The molecule has 0 aliphatic heterocycles. The van der Waals surface area contributed by atoms with Gasteiger partial charge in [0.2, 0.25) is 0 Å². The maximum Gasteiger partial charge on any atom is 0.387 e. The van der Waals surface area contributed by atoms with Crippen molar-refractivity contribution in [2.75, 3.05) is 12.3 Å². The van der Waals surface area contributed by atoms with E-state index in [1.165, 1.54) is 17.4 Å². The summed E-state index contributed by atoms with van der Waals surface area (Å²) >= 11 is 1.37. The molecule has 0 unspecified atom stereocenters. The van der Waals surface area contributed by atoms with E-state index in [4.69, 9.17) is 10.5 Å². The van der Waals surface area contributed by atoms with Crippen LogP contribution in [0.15, 0.2) is 18.2 Å². The van der Waals surface area contributed by atoms with Crippen molar-refractivity contribution in [2.45, 2.75) is 20.5 Å². The van der Waals surface area contributed by atoms with E-state index in [-0.39, 0.29) is 11.5 Å². The van der Waals surface area contributed by atoms with E-state index in [2.05, 4.69) is 9.72 Å². The number of aromatic nitrogens is 1. The molecule has 2 rings (SSSR count). The first kappa shape index (κ1) is 14.5. The van der Waals surface area contributed by atoms with Gasteiger partial charge in [-0.25, -0.2) is 4.98 Å². The Labute approximate surface area is 119 Å². The number of alkyl halides is 2. The van der Waals surface area contributed by atoms with Crippen LogP contribution >= 0.6 is 11.3 Å². The highest BCUT2D eigenvalue weighted by molar-refractivity contribution is 7.16. The Balaban J connectivity index is 2.41. The number of aryl methyl sites for hydroxylation is 1. The van der Waals surface area contributed by atoms with Gasteiger partial charge in [0.25, 0.3) is 0 Å². The van der Waals surface area contributed by atoms with Crippen molar-refractivity contribution in [1.82, 2.24) is 4.98 Å². The van der Waals surface area contributed by atoms with Crippen molar-refractivity contribution in [2.24, 2.45) is 0 Å². The van der Waals surface area contributed by atoms with Crippen LogP contribution < -0.4 is 15.2 Å². The van der Waals surface area contributed by atoms with E-state index in [1.54, 1.807) is 19.1 Å². The Morgan fingerprint density at radius 1 is 1.35 bits per heavy atom. The standard InChI is InChI=1S/C13H14F2N2O2S/c1-3-18-10-6-8(4-5-9(10)19-13(14)15)11-12(16)20-7(2)17-11/h4-6,13H,3,16H2,1-2H3. The summed E-state index contributed by atoms with van der Waals surface area (Å²) in [6.45, 7) is 1.06. The number of hydrogen-bond acceptors (Lipinski definition) is 5. The van der Waals surface area contributed by atoms with Crippen molar-refractivity contribution >= 4 is 16.3 Å². The second-order valence-corrected chi connectivity index (χ2v) is 5.15. The molecule has 2 aromatic rings. The number of halogens is 2. The maximum atomic E-state index is 12.3. The minimum atomic E-state index is -2.90. The molecule has 0 saturated carbocycles. The fourth-order valence-electron chi connectivity index (χ4n) is 1.77. The lowest BCUT2D eigenvalue weighted by Gasteiger charge is -2.12. The van der Waals surface area contributed by atoms with E-state index >= 15 is 0 Å². The largest absolute Gasteiger partial charge is 0.490 e. The van der Waals surface area contributed by atoms with Crippen LogP contribution in [0.5, 0.6) is 11.5 Å². The molecule has 1 aromatic carbocycles. The van der Waals surface area contributed by atoms with Crippen LogP contribution in [0.4, 0.5) is 13.8 Å². The third kappa shape index (κ3) is 3.16. The molecule has 0 aliphatic rings. The summed E-state index contributed by atoms with van der Waals surface area (Å²) in [4.78, 5) is 4.32. The van der Waals surface area contributed by atoms with E-state index < -0.39 is 6.61 Å². The summed E-state index contributed by atoms with van der Waals surface area (Å²) in [5.74, 6) is 0.242. The highest BCUT2D eigenvalue weighted by atomic mass is 32.1.